The molecule has 0 heterocycles. The van der Waals surface area contributed by atoms with Crippen molar-refractivity contribution in [2.45, 2.75) is 52.6 Å². The van der Waals surface area contributed by atoms with E-state index in [-0.39, 0.29) is 28.8 Å². The third-order valence-electron chi connectivity index (χ3n) is 4.88. The highest BCUT2D eigenvalue weighted by atomic mass is 16.1. The molecule has 20 heavy (non-hydrogen) atoms. The largest absolute Gasteiger partial charge is 0.352 e. The van der Waals surface area contributed by atoms with E-state index in [1.807, 2.05) is 18.2 Å². The van der Waals surface area contributed by atoms with Crippen molar-refractivity contribution in [2.24, 2.45) is 16.6 Å². The Bertz CT molecular complexity index is 463. The molecule has 3 N–H and O–H groups in total. The number of carbonyl (C=O) groups is 1. The van der Waals surface area contributed by atoms with Crippen LogP contribution in [0.3, 0.4) is 0 Å². The second-order valence-electron chi connectivity index (χ2n) is 7.11. The van der Waals surface area contributed by atoms with Gasteiger partial charge in [-0.3, -0.25) is 4.79 Å². The first-order chi connectivity index (χ1) is 9.26. The summed E-state index contributed by atoms with van der Waals surface area (Å²) in [4.78, 5) is 12.1. The minimum Gasteiger partial charge on any atom is -0.352 e. The fraction of sp³-hybridized carbons (Fsp3) is 0.588. The monoisotopic (exact) mass is 274 g/mol. The minimum atomic E-state index is -0.0358. The highest BCUT2D eigenvalue weighted by Gasteiger charge is 2.60. The topological polar surface area (TPSA) is 55.1 Å². The number of carbonyl (C=O) groups excluding carboxylic acids is 1. The molecule has 3 nitrogen and oxygen atoms in total. The van der Waals surface area contributed by atoms with Crippen molar-refractivity contribution in [3.63, 3.8) is 0 Å². The van der Waals surface area contributed by atoms with Gasteiger partial charge in [-0.25, -0.2) is 0 Å². The van der Waals surface area contributed by atoms with Crippen LogP contribution < -0.4 is 11.1 Å². The molecule has 0 radical (unpaired) electrons. The number of rotatable bonds is 4. The van der Waals surface area contributed by atoms with Gasteiger partial charge in [0.05, 0.1) is 0 Å². The zero-order valence-corrected chi connectivity index (χ0v) is 12.9. The SMILES string of the molecule is CC1(C)C(N)C(C)(C)C1NC(=O)CCc1ccccc1. The third-order valence-corrected chi connectivity index (χ3v) is 4.88. The summed E-state index contributed by atoms with van der Waals surface area (Å²) in [6.45, 7) is 8.52. The summed E-state index contributed by atoms with van der Waals surface area (Å²) in [6.07, 6.45) is 1.31. The number of amides is 1. The molecule has 1 fully saturated rings. The van der Waals surface area contributed by atoms with Crippen LogP contribution in [-0.4, -0.2) is 18.0 Å². The number of hydrogen-bond donors (Lipinski definition) is 2. The fourth-order valence-corrected chi connectivity index (χ4v) is 3.69. The maximum absolute atomic E-state index is 12.1. The summed E-state index contributed by atoms with van der Waals surface area (Å²) in [5.41, 5.74) is 7.34. The fourth-order valence-electron chi connectivity index (χ4n) is 3.69. The summed E-state index contributed by atoms with van der Waals surface area (Å²) in [7, 11) is 0. The zero-order valence-electron chi connectivity index (χ0n) is 12.9. The third kappa shape index (κ3) is 2.59. The molecule has 0 bridgehead atoms. The highest BCUT2D eigenvalue weighted by molar-refractivity contribution is 5.77. The molecule has 0 unspecified atom stereocenters. The standard InChI is InChI=1S/C17H26N2O/c1-16(2)14(18)17(3,4)15(16)19-13(20)11-10-12-8-6-5-7-9-12/h5-9,14-15H,10-11,18H2,1-4H3,(H,19,20). The number of hydrogen-bond acceptors (Lipinski definition) is 2. The van der Waals surface area contributed by atoms with E-state index in [4.69, 9.17) is 5.73 Å². The van der Waals surface area contributed by atoms with Crippen molar-refractivity contribution in [3.8, 4) is 0 Å². The van der Waals surface area contributed by atoms with E-state index in [0.29, 0.717) is 6.42 Å². The summed E-state index contributed by atoms with van der Waals surface area (Å²) >= 11 is 0. The van der Waals surface area contributed by atoms with Gasteiger partial charge in [0.1, 0.15) is 0 Å². The maximum Gasteiger partial charge on any atom is 0.220 e. The molecule has 3 heteroatoms. The maximum atomic E-state index is 12.1. The Labute approximate surface area is 121 Å². The first-order valence-electron chi connectivity index (χ1n) is 7.35. The van der Waals surface area contributed by atoms with Gasteiger partial charge in [-0.2, -0.15) is 0 Å². The van der Waals surface area contributed by atoms with E-state index in [9.17, 15) is 4.79 Å². The highest BCUT2D eigenvalue weighted by Crippen LogP contribution is 2.52. The van der Waals surface area contributed by atoms with E-state index in [1.165, 1.54) is 5.56 Å². The Morgan fingerprint density at radius 2 is 1.70 bits per heavy atom. The Kier molecular flexibility index (Phi) is 3.92. The molecule has 1 aliphatic carbocycles. The van der Waals surface area contributed by atoms with Crippen LogP contribution in [0, 0.1) is 10.8 Å². The van der Waals surface area contributed by atoms with Gasteiger partial charge in [-0.15, -0.1) is 0 Å². The molecule has 0 spiro atoms. The van der Waals surface area contributed by atoms with Crippen LogP contribution in [0.2, 0.25) is 0 Å². The molecule has 0 atom stereocenters. The van der Waals surface area contributed by atoms with Crippen LogP contribution in [0.25, 0.3) is 0 Å². The number of aryl methyl sites for hydroxylation is 1. The van der Waals surface area contributed by atoms with E-state index < -0.39 is 0 Å². The van der Waals surface area contributed by atoms with Crippen molar-refractivity contribution in [2.75, 3.05) is 0 Å². The minimum absolute atomic E-state index is 0.0358. The van der Waals surface area contributed by atoms with Crippen LogP contribution in [0.15, 0.2) is 30.3 Å². The molecule has 0 aliphatic heterocycles. The first-order valence-corrected chi connectivity index (χ1v) is 7.35. The van der Waals surface area contributed by atoms with Gasteiger partial charge < -0.3 is 11.1 Å². The Morgan fingerprint density at radius 1 is 1.15 bits per heavy atom. The molecule has 1 saturated carbocycles. The van der Waals surface area contributed by atoms with Crippen molar-refractivity contribution in [1.29, 1.82) is 0 Å². The molecule has 1 amide bonds. The van der Waals surface area contributed by atoms with E-state index in [2.05, 4.69) is 45.1 Å². The summed E-state index contributed by atoms with van der Waals surface area (Å²) in [5, 5.41) is 3.18. The molecule has 1 aromatic carbocycles. The quantitative estimate of drug-likeness (QED) is 0.886. The van der Waals surface area contributed by atoms with Crippen LogP contribution in [-0.2, 0) is 11.2 Å². The first kappa shape index (κ1) is 15.0. The zero-order chi connectivity index (χ0) is 15.0. The molecule has 1 aromatic rings. The lowest BCUT2D eigenvalue weighted by Gasteiger charge is -2.62. The van der Waals surface area contributed by atoms with Gasteiger partial charge in [0.25, 0.3) is 0 Å². The molecule has 2 rings (SSSR count). The number of benzene rings is 1. The second-order valence-corrected chi connectivity index (χ2v) is 7.11. The predicted octanol–water partition coefficient (Wildman–Crippen LogP) is 2.50. The summed E-state index contributed by atoms with van der Waals surface area (Å²) in [6, 6.07) is 10.4. The van der Waals surface area contributed by atoms with Crippen LogP contribution in [0.5, 0.6) is 0 Å². The van der Waals surface area contributed by atoms with E-state index in [1.54, 1.807) is 0 Å². The normalized spacial score (nSPS) is 26.6. The van der Waals surface area contributed by atoms with Gasteiger partial charge in [0.2, 0.25) is 5.91 Å². The summed E-state index contributed by atoms with van der Waals surface area (Å²) < 4.78 is 0. The van der Waals surface area contributed by atoms with Gasteiger partial charge in [-0.05, 0) is 12.0 Å². The molecular formula is C17H26N2O. The van der Waals surface area contributed by atoms with Crippen molar-refractivity contribution in [1.82, 2.24) is 5.32 Å². The average molecular weight is 274 g/mol. The number of nitrogens with two attached hydrogens (primary N) is 1. The van der Waals surface area contributed by atoms with Crippen LogP contribution >= 0.6 is 0 Å². The molecule has 1 aliphatic rings. The lowest BCUT2D eigenvalue weighted by Crippen LogP contribution is -2.76. The lowest BCUT2D eigenvalue weighted by atomic mass is 9.48. The van der Waals surface area contributed by atoms with Crippen molar-refractivity contribution >= 4 is 5.91 Å². The second kappa shape index (κ2) is 5.21. The van der Waals surface area contributed by atoms with Crippen LogP contribution in [0.1, 0.15) is 39.7 Å². The van der Waals surface area contributed by atoms with Crippen molar-refractivity contribution in [3.05, 3.63) is 35.9 Å². The Balaban J connectivity index is 1.89. The van der Waals surface area contributed by atoms with Gasteiger partial charge >= 0.3 is 0 Å². The molecule has 110 valence electrons. The smallest absolute Gasteiger partial charge is 0.220 e. The molecule has 0 saturated heterocycles. The van der Waals surface area contributed by atoms with Gasteiger partial charge in [0.15, 0.2) is 0 Å². The Morgan fingerprint density at radius 3 is 2.25 bits per heavy atom. The van der Waals surface area contributed by atoms with E-state index >= 15 is 0 Å². The molecule has 0 aromatic heterocycles. The average Bonchev–Trinajstić information content (AvgIpc) is 2.42. The van der Waals surface area contributed by atoms with Gasteiger partial charge in [0, 0.05) is 29.3 Å². The predicted molar refractivity (Wildman–Crippen MR) is 82.2 cm³/mol. The molecular weight excluding hydrogens is 248 g/mol. The van der Waals surface area contributed by atoms with E-state index in [0.717, 1.165) is 6.42 Å². The Hall–Kier alpha value is -1.35. The van der Waals surface area contributed by atoms with Crippen molar-refractivity contribution < 1.29 is 4.79 Å². The lowest BCUT2D eigenvalue weighted by molar-refractivity contribution is -0.132. The van der Waals surface area contributed by atoms with Crippen LogP contribution in [0.4, 0.5) is 0 Å². The van der Waals surface area contributed by atoms with Gasteiger partial charge in [-0.1, -0.05) is 58.0 Å². The number of nitrogens with one attached hydrogen (secondary N) is 1. The summed E-state index contributed by atoms with van der Waals surface area (Å²) in [5.74, 6) is 0.118.